The van der Waals surface area contributed by atoms with E-state index in [9.17, 15) is 13.2 Å². The van der Waals surface area contributed by atoms with Crippen molar-refractivity contribution in [1.29, 1.82) is 0 Å². The molecular weight excluding hydrogens is 309 g/mol. The van der Waals surface area contributed by atoms with Crippen LogP contribution in [0.25, 0.3) is 0 Å². The quantitative estimate of drug-likeness (QED) is 0.733. The van der Waals surface area contributed by atoms with E-state index in [1.54, 1.807) is 4.90 Å². The molecule has 0 aromatic carbocycles. The summed E-state index contributed by atoms with van der Waals surface area (Å²) in [5.41, 5.74) is -0.648. The average molecular weight is 323 g/mol. The van der Waals surface area contributed by atoms with Crippen molar-refractivity contribution < 1.29 is 13.2 Å². The summed E-state index contributed by atoms with van der Waals surface area (Å²) in [6, 6.07) is 2.42. The second-order valence-corrected chi connectivity index (χ2v) is 5.78. The van der Waals surface area contributed by atoms with Gasteiger partial charge < -0.3 is 4.90 Å². The zero-order valence-corrected chi connectivity index (χ0v) is 11.5. The lowest BCUT2D eigenvalue weighted by atomic mass is 9.99. The van der Waals surface area contributed by atoms with Crippen molar-refractivity contribution in [3.05, 3.63) is 23.9 Å². The number of aromatic nitrogens is 1. The lowest BCUT2D eigenvalue weighted by molar-refractivity contribution is -0.137. The molecule has 1 fully saturated rings. The normalized spacial score (nSPS) is 25.3. The Labute approximate surface area is 112 Å². The summed E-state index contributed by atoms with van der Waals surface area (Å²) in [4.78, 5) is 6.01. The summed E-state index contributed by atoms with van der Waals surface area (Å²) in [5, 5.41) is 0. The molecule has 0 aliphatic carbocycles. The van der Waals surface area contributed by atoms with Gasteiger partial charge in [-0.05, 0) is 24.5 Å². The van der Waals surface area contributed by atoms with Crippen LogP contribution in [0.3, 0.4) is 0 Å². The van der Waals surface area contributed by atoms with E-state index < -0.39 is 11.7 Å². The zero-order valence-electron chi connectivity index (χ0n) is 9.91. The second kappa shape index (κ2) is 5.07. The first-order valence-corrected chi connectivity index (χ1v) is 6.72. The zero-order chi connectivity index (χ0) is 13.3. The minimum Gasteiger partial charge on any atom is -0.356 e. The molecule has 6 heteroatoms. The van der Waals surface area contributed by atoms with Gasteiger partial charge in [0.15, 0.2) is 0 Å². The molecule has 0 N–H and O–H groups in total. The molecule has 2 atom stereocenters. The first kappa shape index (κ1) is 13.6. The first-order chi connectivity index (χ1) is 8.39. The number of halogens is 4. The lowest BCUT2D eigenvalue weighted by Crippen LogP contribution is -2.41. The molecule has 1 aromatic heterocycles. The molecule has 2 unspecified atom stereocenters. The van der Waals surface area contributed by atoms with E-state index in [1.807, 2.05) is 6.92 Å². The molecule has 1 aliphatic rings. The van der Waals surface area contributed by atoms with Gasteiger partial charge in [-0.3, -0.25) is 0 Å². The molecule has 0 bridgehead atoms. The maximum absolute atomic E-state index is 12.9. The molecule has 2 heterocycles. The predicted octanol–water partition coefficient (Wildman–Crippen LogP) is 3.71. The van der Waals surface area contributed by atoms with Crippen LogP contribution in [-0.2, 0) is 6.18 Å². The standard InChI is InChI=1S/C12H14BrF3N2/c1-8-7-18(6-4-10(8)13)11-9(12(14,15)16)3-2-5-17-11/h2-3,5,8,10H,4,6-7H2,1H3. The van der Waals surface area contributed by atoms with Crippen LogP contribution < -0.4 is 4.90 Å². The predicted molar refractivity (Wildman–Crippen MR) is 67.9 cm³/mol. The van der Waals surface area contributed by atoms with Crippen molar-refractivity contribution in [2.45, 2.75) is 24.3 Å². The molecule has 100 valence electrons. The van der Waals surface area contributed by atoms with Crippen LogP contribution in [0.1, 0.15) is 18.9 Å². The Bertz CT molecular complexity index is 422. The third kappa shape index (κ3) is 2.79. The fraction of sp³-hybridized carbons (Fsp3) is 0.583. The highest BCUT2D eigenvalue weighted by atomic mass is 79.9. The minimum absolute atomic E-state index is 0.0521. The average Bonchev–Trinajstić information content (AvgIpc) is 2.32. The van der Waals surface area contributed by atoms with E-state index in [1.165, 1.54) is 12.3 Å². The molecule has 0 saturated carbocycles. The van der Waals surface area contributed by atoms with E-state index in [0.29, 0.717) is 23.8 Å². The Balaban J connectivity index is 2.29. The number of alkyl halides is 4. The number of anilines is 1. The smallest absolute Gasteiger partial charge is 0.356 e. The summed E-state index contributed by atoms with van der Waals surface area (Å²) < 4.78 is 38.7. The largest absolute Gasteiger partial charge is 0.419 e. The van der Waals surface area contributed by atoms with E-state index in [4.69, 9.17) is 0 Å². The maximum atomic E-state index is 12.9. The fourth-order valence-corrected chi connectivity index (χ4v) is 2.55. The van der Waals surface area contributed by atoms with Crippen LogP contribution in [0.15, 0.2) is 18.3 Å². The Kier molecular flexibility index (Phi) is 3.84. The van der Waals surface area contributed by atoms with Gasteiger partial charge in [0, 0.05) is 24.1 Å². The Morgan fingerprint density at radius 3 is 2.78 bits per heavy atom. The molecule has 0 radical (unpaired) electrons. The number of nitrogens with zero attached hydrogens (tertiary/aromatic N) is 2. The number of hydrogen-bond acceptors (Lipinski definition) is 2. The molecular formula is C12H14BrF3N2. The van der Waals surface area contributed by atoms with Gasteiger partial charge >= 0.3 is 6.18 Å². The van der Waals surface area contributed by atoms with E-state index in [0.717, 1.165) is 12.5 Å². The van der Waals surface area contributed by atoms with Crippen molar-refractivity contribution in [3.63, 3.8) is 0 Å². The number of hydrogen-bond donors (Lipinski definition) is 0. The van der Waals surface area contributed by atoms with Gasteiger partial charge in [-0.15, -0.1) is 0 Å². The van der Waals surface area contributed by atoms with Gasteiger partial charge in [0.05, 0.1) is 5.56 Å². The molecule has 2 rings (SSSR count). The fourth-order valence-electron chi connectivity index (χ4n) is 2.18. The van der Waals surface area contributed by atoms with E-state index >= 15 is 0 Å². The van der Waals surface area contributed by atoms with Gasteiger partial charge in [-0.2, -0.15) is 13.2 Å². The summed E-state index contributed by atoms with van der Waals surface area (Å²) in [6.45, 7) is 3.22. The molecule has 1 aliphatic heterocycles. The first-order valence-electron chi connectivity index (χ1n) is 5.81. The number of rotatable bonds is 1. The van der Waals surface area contributed by atoms with Gasteiger partial charge in [0.2, 0.25) is 0 Å². The topological polar surface area (TPSA) is 16.1 Å². The van der Waals surface area contributed by atoms with Gasteiger partial charge in [-0.1, -0.05) is 22.9 Å². The highest BCUT2D eigenvalue weighted by Gasteiger charge is 2.37. The van der Waals surface area contributed by atoms with Crippen molar-refractivity contribution in [3.8, 4) is 0 Å². The van der Waals surface area contributed by atoms with Crippen LogP contribution in [0.5, 0.6) is 0 Å². The van der Waals surface area contributed by atoms with Crippen LogP contribution in [-0.4, -0.2) is 22.9 Å². The SMILES string of the molecule is CC1CN(c2ncccc2C(F)(F)F)CCC1Br. The van der Waals surface area contributed by atoms with Crippen molar-refractivity contribution >= 4 is 21.7 Å². The summed E-state index contributed by atoms with van der Waals surface area (Å²) in [5.74, 6) is 0.359. The summed E-state index contributed by atoms with van der Waals surface area (Å²) in [7, 11) is 0. The van der Waals surface area contributed by atoms with Gasteiger partial charge in [0.1, 0.15) is 5.82 Å². The third-order valence-electron chi connectivity index (χ3n) is 3.19. The molecule has 1 saturated heterocycles. The van der Waals surface area contributed by atoms with E-state index in [2.05, 4.69) is 20.9 Å². The van der Waals surface area contributed by atoms with E-state index in [-0.39, 0.29) is 5.82 Å². The molecule has 18 heavy (non-hydrogen) atoms. The minimum atomic E-state index is -4.35. The van der Waals surface area contributed by atoms with Crippen molar-refractivity contribution in [2.75, 3.05) is 18.0 Å². The Hall–Kier alpha value is -0.780. The number of piperidine rings is 1. The van der Waals surface area contributed by atoms with Crippen molar-refractivity contribution in [2.24, 2.45) is 5.92 Å². The Morgan fingerprint density at radius 2 is 2.17 bits per heavy atom. The molecule has 0 spiro atoms. The van der Waals surface area contributed by atoms with Crippen LogP contribution >= 0.6 is 15.9 Å². The molecule has 2 nitrogen and oxygen atoms in total. The monoisotopic (exact) mass is 322 g/mol. The summed E-state index contributed by atoms with van der Waals surface area (Å²) in [6.07, 6.45) is -2.11. The second-order valence-electron chi connectivity index (χ2n) is 4.60. The van der Waals surface area contributed by atoms with Gasteiger partial charge in [0.25, 0.3) is 0 Å². The molecule has 0 amide bonds. The van der Waals surface area contributed by atoms with Crippen LogP contribution in [0, 0.1) is 5.92 Å². The molecule has 1 aromatic rings. The highest BCUT2D eigenvalue weighted by molar-refractivity contribution is 9.09. The van der Waals surface area contributed by atoms with Gasteiger partial charge in [-0.25, -0.2) is 4.98 Å². The maximum Gasteiger partial charge on any atom is 0.419 e. The highest BCUT2D eigenvalue weighted by Crippen LogP contribution is 2.37. The van der Waals surface area contributed by atoms with Crippen LogP contribution in [0.2, 0.25) is 0 Å². The van der Waals surface area contributed by atoms with Crippen molar-refractivity contribution in [1.82, 2.24) is 4.98 Å². The number of pyridine rings is 1. The Morgan fingerprint density at radius 1 is 1.44 bits per heavy atom. The third-order valence-corrected chi connectivity index (χ3v) is 4.55. The van der Waals surface area contributed by atoms with Crippen LogP contribution in [0.4, 0.5) is 19.0 Å². The lowest BCUT2D eigenvalue weighted by Gasteiger charge is -2.36. The summed E-state index contributed by atoms with van der Waals surface area (Å²) >= 11 is 3.54.